The fourth-order valence-electron chi connectivity index (χ4n) is 3.49. The van der Waals surface area contributed by atoms with Crippen LogP contribution in [0, 0.1) is 6.92 Å². The van der Waals surface area contributed by atoms with Gasteiger partial charge in [0.2, 0.25) is 0 Å². The van der Waals surface area contributed by atoms with Crippen LogP contribution >= 0.6 is 23.4 Å². The first-order chi connectivity index (χ1) is 10.2. The lowest BCUT2D eigenvalue weighted by Gasteiger charge is -2.23. The standard InChI is InChI=1S/C17H23ClN2S/c1-3-21-16-6-4-5-14(16)20-15-11-12(2)7-8-13(15)19-17(20)9-10-18/h7-8,11,14,16H,3-6,9-10H2,1-2H3. The number of alkyl halides is 1. The van der Waals surface area contributed by atoms with Gasteiger partial charge in [-0.3, -0.25) is 0 Å². The number of halogens is 1. The van der Waals surface area contributed by atoms with Crippen LogP contribution in [0.5, 0.6) is 0 Å². The zero-order chi connectivity index (χ0) is 14.8. The Balaban J connectivity index is 2.09. The first kappa shape index (κ1) is 15.2. The molecule has 1 aromatic carbocycles. The molecule has 0 spiro atoms. The number of aromatic nitrogens is 2. The van der Waals surface area contributed by atoms with E-state index in [1.54, 1.807) is 0 Å². The van der Waals surface area contributed by atoms with E-state index in [0.717, 1.165) is 17.2 Å². The fraction of sp³-hybridized carbons (Fsp3) is 0.588. The first-order valence-electron chi connectivity index (χ1n) is 7.89. The molecule has 0 bridgehead atoms. The highest BCUT2D eigenvalue weighted by molar-refractivity contribution is 7.99. The molecule has 0 radical (unpaired) electrons. The van der Waals surface area contributed by atoms with Crippen LogP contribution in [-0.4, -0.2) is 26.4 Å². The van der Waals surface area contributed by atoms with Gasteiger partial charge in [-0.1, -0.05) is 19.4 Å². The van der Waals surface area contributed by atoms with Crippen LogP contribution in [0.1, 0.15) is 43.6 Å². The summed E-state index contributed by atoms with van der Waals surface area (Å²) in [5.74, 6) is 3.00. The van der Waals surface area contributed by atoms with Crippen LogP contribution in [0.2, 0.25) is 0 Å². The van der Waals surface area contributed by atoms with Gasteiger partial charge in [0, 0.05) is 23.6 Å². The Labute approximate surface area is 136 Å². The minimum absolute atomic E-state index is 0.583. The van der Waals surface area contributed by atoms with E-state index < -0.39 is 0 Å². The van der Waals surface area contributed by atoms with Crippen molar-refractivity contribution in [1.82, 2.24) is 9.55 Å². The topological polar surface area (TPSA) is 17.8 Å². The predicted octanol–water partition coefficient (Wildman–Crippen LogP) is 4.97. The van der Waals surface area contributed by atoms with Crippen molar-refractivity contribution in [2.24, 2.45) is 0 Å². The van der Waals surface area contributed by atoms with Gasteiger partial charge in [-0.15, -0.1) is 11.6 Å². The molecule has 0 amide bonds. The maximum atomic E-state index is 6.01. The molecule has 21 heavy (non-hydrogen) atoms. The van der Waals surface area contributed by atoms with Gasteiger partial charge in [-0.25, -0.2) is 4.98 Å². The van der Waals surface area contributed by atoms with E-state index >= 15 is 0 Å². The number of hydrogen-bond donors (Lipinski definition) is 0. The highest BCUT2D eigenvalue weighted by atomic mass is 35.5. The highest BCUT2D eigenvalue weighted by Gasteiger charge is 2.31. The number of rotatable bonds is 5. The van der Waals surface area contributed by atoms with E-state index in [0.29, 0.717) is 11.9 Å². The van der Waals surface area contributed by atoms with Crippen LogP contribution in [0.4, 0.5) is 0 Å². The minimum atomic E-state index is 0.583. The average Bonchev–Trinajstić information content (AvgIpc) is 3.03. The Morgan fingerprint density at radius 3 is 3.00 bits per heavy atom. The average molecular weight is 323 g/mol. The minimum Gasteiger partial charge on any atom is -0.324 e. The molecule has 114 valence electrons. The summed E-state index contributed by atoms with van der Waals surface area (Å²) in [4.78, 5) is 4.85. The second-order valence-electron chi connectivity index (χ2n) is 5.82. The van der Waals surface area contributed by atoms with E-state index in [2.05, 4.69) is 48.4 Å². The number of hydrogen-bond acceptors (Lipinski definition) is 2. The maximum absolute atomic E-state index is 6.01. The van der Waals surface area contributed by atoms with Gasteiger partial charge in [-0.05, 0) is 43.2 Å². The Morgan fingerprint density at radius 1 is 1.38 bits per heavy atom. The smallest absolute Gasteiger partial charge is 0.111 e. The third-order valence-electron chi connectivity index (χ3n) is 4.37. The Kier molecular flexibility index (Phi) is 4.80. The van der Waals surface area contributed by atoms with Gasteiger partial charge < -0.3 is 4.57 Å². The molecule has 1 saturated carbocycles. The zero-order valence-electron chi connectivity index (χ0n) is 12.8. The van der Waals surface area contributed by atoms with Crippen LogP contribution in [0.25, 0.3) is 11.0 Å². The van der Waals surface area contributed by atoms with Gasteiger partial charge in [0.25, 0.3) is 0 Å². The number of thioether (sulfide) groups is 1. The SMILES string of the molecule is CCSC1CCCC1n1c(CCCl)nc2ccc(C)cc21. The van der Waals surface area contributed by atoms with Crippen molar-refractivity contribution in [1.29, 1.82) is 0 Å². The molecule has 1 fully saturated rings. The van der Waals surface area contributed by atoms with E-state index in [-0.39, 0.29) is 0 Å². The van der Waals surface area contributed by atoms with E-state index in [1.165, 1.54) is 41.9 Å². The summed E-state index contributed by atoms with van der Waals surface area (Å²) in [6.45, 7) is 4.42. The van der Waals surface area contributed by atoms with Gasteiger partial charge in [-0.2, -0.15) is 11.8 Å². The van der Waals surface area contributed by atoms with E-state index in [4.69, 9.17) is 16.6 Å². The lowest BCUT2D eigenvalue weighted by Crippen LogP contribution is -2.19. The molecule has 1 aromatic heterocycles. The molecule has 0 saturated heterocycles. The van der Waals surface area contributed by atoms with Crippen molar-refractivity contribution in [3.05, 3.63) is 29.6 Å². The molecular formula is C17H23ClN2S. The summed E-state index contributed by atoms with van der Waals surface area (Å²) in [7, 11) is 0. The highest BCUT2D eigenvalue weighted by Crippen LogP contribution is 2.40. The normalized spacial score (nSPS) is 22.2. The molecule has 1 heterocycles. The maximum Gasteiger partial charge on any atom is 0.111 e. The molecule has 0 aliphatic heterocycles. The summed E-state index contributed by atoms with van der Waals surface area (Å²) < 4.78 is 2.50. The van der Waals surface area contributed by atoms with Crippen LogP contribution < -0.4 is 0 Å². The van der Waals surface area contributed by atoms with Crippen molar-refractivity contribution in [3.8, 4) is 0 Å². The first-order valence-corrected chi connectivity index (χ1v) is 9.48. The molecular weight excluding hydrogens is 300 g/mol. The number of nitrogens with zero attached hydrogens (tertiary/aromatic N) is 2. The largest absolute Gasteiger partial charge is 0.324 e. The Hall–Kier alpha value is -0.670. The molecule has 2 nitrogen and oxygen atoms in total. The molecule has 0 N–H and O–H groups in total. The lowest BCUT2D eigenvalue weighted by molar-refractivity contribution is 0.522. The van der Waals surface area contributed by atoms with Gasteiger partial charge in [0.1, 0.15) is 5.82 Å². The number of fused-ring (bicyclic) bond motifs is 1. The molecule has 4 heteroatoms. The quantitative estimate of drug-likeness (QED) is 0.723. The zero-order valence-corrected chi connectivity index (χ0v) is 14.4. The summed E-state index contributed by atoms with van der Waals surface area (Å²) >= 11 is 8.12. The van der Waals surface area contributed by atoms with Crippen LogP contribution in [0.15, 0.2) is 18.2 Å². The summed E-state index contributed by atoms with van der Waals surface area (Å²) in [5.41, 5.74) is 3.72. The van der Waals surface area contributed by atoms with Crippen LogP contribution in [-0.2, 0) is 6.42 Å². The molecule has 2 aromatic rings. The molecule has 1 aliphatic rings. The molecule has 2 unspecified atom stereocenters. The molecule has 3 rings (SSSR count). The summed E-state index contributed by atoms with van der Waals surface area (Å²) in [6.07, 6.45) is 4.78. The lowest BCUT2D eigenvalue weighted by atomic mass is 10.2. The van der Waals surface area contributed by atoms with Crippen molar-refractivity contribution in [2.75, 3.05) is 11.6 Å². The summed E-state index contributed by atoms with van der Waals surface area (Å²) in [6, 6.07) is 7.17. The second kappa shape index (κ2) is 6.62. The van der Waals surface area contributed by atoms with Gasteiger partial charge >= 0.3 is 0 Å². The van der Waals surface area contributed by atoms with E-state index in [9.17, 15) is 0 Å². The van der Waals surface area contributed by atoms with Crippen molar-refractivity contribution >= 4 is 34.4 Å². The van der Waals surface area contributed by atoms with Crippen molar-refractivity contribution in [2.45, 2.75) is 50.8 Å². The second-order valence-corrected chi connectivity index (χ2v) is 7.72. The fourth-order valence-corrected chi connectivity index (χ4v) is 4.90. The number of aryl methyl sites for hydroxylation is 2. The third-order valence-corrected chi connectivity index (χ3v) is 5.87. The predicted molar refractivity (Wildman–Crippen MR) is 93.7 cm³/mol. The van der Waals surface area contributed by atoms with Crippen molar-refractivity contribution < 1.29 is 0 Å². The summed E-state index contributed by atoms with van der Waals surface area (Å²) in [5, 5.41) is 0.724. The molecule has 1 aliphatic carbocycles. The van der Waals surface area contributed by atoms with Crippen molar-refractivity contribution in [3.63, 3.8) is 0 Å². The Morgan fingerprint density at radius 2 is 2.24 bits per heavy atom. The molecule has 2 atom stereocenters. The number of imidazole rings is 1. The Bertz CT molecular complexity index is 623. The van der Waals surface area contributed by atoms with Gasteiger partial charge in [0.15, 0.2) is 0 Å². The van der Waals surface area contributed by atoms with Crippen LogP contribution in [0.3, 0.4) is 0 Å². The number of benzene rings is 1. The van der Waals surface area contributed by atoms with Gasteiger partial charge in [0.05, 0.1) is 11.0 Å². The monoisotopic (exact) mass is 322 g/mol. The third kappa shape index (κ3) is 2.95. The van der Waals surface area contributed by atoms with E-state index in [1.807, 2.05) is 0 Å².